The fourth-order valence-corrected chi connectivity index (χ4v) is 0.228. The van der Waals surface area contributed by atoms with Crippen LogP contribution < -0.4 is 0 Å². The second-order valence-corrected chi connectivity index (χ2v) is 1.22. The summed E-state index contributed by atoms with van der Waals surface area (Å²) in [4.78, 5) is 0. The van der Waals surface area contributed by atoms with Crippen LogP contribution >= 0.6 is 24.8 Å². The Morgan fingerprint density at radius 1 is 1.38 bits per heavy atom. The minimum Gasteiger partial charge on any atom is -0.448 e. The summed E-state index contributed by atoms with van der Waals surface area (Å²) in [6.07, 6.45) is 2.22. The largest absolute Gasteiger partial charge is 0.448 e. The predicted molar refractivity (Wildman–Crippen MR) is 41.1 cm³/mol. The van der Waals surface area contributed by atoms with E-state index in [1.165, 1.54) is 0 Å². The molecule has 0 aromatic rings. The van der Waals surface area contributed by atoms with Gasteiger partial charge in [-0.3, -0.25) is 0 Å². The molecular formula is C4H11BCl2O. The number of hydrogen-bond donors (Lipinski definition) is 0. The molecule has 8 heavy (non-hydrogen) atoms. The van der Waals surface area contributed by atoms with Crippen LogP contribution in [0.25, 0.3) is 0 Å². The summed E-state index contributed by atoms with van der Waals surface area (Å²) in [7, 11) is 4.71. The van der Waals surface area contributed by atoms with E-state index in [4.69, 9.17) is 8.05 Å². The van der Waals surface area contributed by atoms with Crippen LogP contribution in [0.15, 0.2) is 0 Å². The molecule has 0 bridgehead atoms. The van der Waals surface area contributed by atoms with Gasteiger partial charge in [-0.05, 0) is 6.42 Å². The normalized spacial score (nSPS) is 6.62. The summed E-state index contributed by atoms with van der Waals surface area (Å²) in [5, 5.41) is 0. The SMILES string of the molecule is Cl.Cl.[B]OCCCC. The molecule has 0 aromatic carbocycles. The van der Waals surface area contributed by atoms with Crippen LogP contribution in [-0.2, 0) is 4.65 Å². The lowest BCUT2D eigenvalue weighted by Crippen LogP contribution is -1.85. The molecule has 0 atom stereocenters. The van der Waals surface area contributed by atoms with E-state index in [2.05, 4.69) is 11.6 Å². The maximum atomic E-state index is 4.71. The lowest BCUT2D eigenvalue weighted by molar-refractivity contribution is 0.339. The highest BCUT2D eigenvalue weighted by Gasteiger charge is 1.74. The van der Waals surface area contributed by atoms with E-state index in [9.17, 15) is 0 Å². The third-order valence-corrected chi connectivity index (χ3v) is 0.616. The minimum absolute atomic E-state index is 0. The fraction of sp³-hybridized carbons (Fsp3) is 1.00. The van der Waals surface area contributed by atoms with Crippen LogP contribution in [0, 0.1) is 0 Å². The molecule has 0 saturated heterocycles. The Balaban J connectivity index is -0.000000125. The van der Waals surface area contributed by atoms with E-state index in [1.807, 2.05) is 0 Å². The maximum absolute atomic E-state index is 4.71. The number of rotatable bonds is 3. The molecule has 0 aliphatic heterocycles. The van der Waals surface area contributed by atoms with Crippen LogP contribution in [0.1, 0.15) is 19.8 Å². The standard InChI is InChI=1S/C4H9BO.2ClH/c1-2-3-4-6-5;;/h2-4H2,1H3;2*1H. The summed E-state index contributed by atoms with van der Waals surface area (Å²) >= 11 is 0. The Hall–Kier alpha value is 0.605. The predicted octanol–water partition coefficient (Wildman–Crippen LogP) is 1.73. The molecule has 0 rings (SSSR count). The van der Waals surface area contributed by atoms with Crippen molar-refractivity contribution in [2.45, 2.75) is 19.8 Å². The molecule has 0 saturated carbocycles. The Morgan fingerprint density at radius 2 is 1.88 bits per heavy atom. The quantitative estimate of drug-likeness (QED) is 0.447. The van der Waals surface area contributed by atoms with Crippen molar-refractivity contribution in [3.63, 3.8) is 0 Å². The fourth-order valence-electron chi connectivity index (χ4n) is 0.228. The van der Waals surface area contributed by atoms with Gasteiger partial charge in [0.15, 0.2) is 0 Å². The zero-order chi connectivity index (χ0) is 4.83. The van der Waals surface area contributed by atoms with Gasteiger partial charge in [0.1, 0.15) is 0 Å². The highest BCUT2D eigenvalue weighted by atomic mass is 35.5. The summed E-state index contributed by atoms with van der Waals surface area (Å²) in [5.74, 6) is 0. The molecular weight excluding hydrogens is 146 g/mol. The highest BCUT2D eigenvalue weighted by Crippen LogP contribution is 1.82. The van der Waals surface area contributed by atoms with Gasteiger partial charge in [-0.25, -0.2) is 0 Å². The second kappa shape index (κ2) is 15.6. The first-order chi connectivity index (χ1) is 2.91. The Labute approximate surface area is 64.4 Å². The molecule has 0 heterocycles. The number of hydrogen-bond acceptors (Lipinski definition) is 1. The average molecular weight is 157 g/mol. The monoisotopic (exact) mass is 156 g/mol. The van der Waals surface area contributed by atoms with Crippen molar-refractivity contribution in [1.29, 1.82) is 0 Å². The second-order valence-electron chi connectivity index (χ2n) is 1.22. The van der Waals surface area contributed by atoms with Gasteiger partial charge in [-0.15, -0.1) is 24.8 Å². The van der Waals surface area contributed by atoms with E-state index < -0.39 is 0 Å². The number of unbranched alkanes of at least 4 members (excludes halogenated alkanes) is 1. The Kier molecular flexibility index (Phi) is 31.0. The molecule has 50 valence electrons. The minimum atomic E-state index is 0. The Morgan fingerprint density at radius 3 is 2.00 bits per heavy atom. The van der Waals surface area contributed by atoms with Crippen LogP contribution in [0.5, 0.6) is 0 Å². The van der Waals surface area contributed by atoms with Crippen LogP contribution in [0.3, 0.4) is 0 Å². The van der Waals surface area contributed by atoms with Crippen molar-refractivity contribution in [1.82, 2.24) is 0 Å². The molecule has 0 aromatic heterocycles. The number of halogens is 2. The highest BCUT2D eigenvalue weighted by molar-refractivity contribution is 5.97. The van der Waals surface area contributed by atoms with Crippen molar-refractivity contribution in [2.24, 2.45) is 0 Å². The van der Waals surface area contributed by atoms with Gasteiger partial charge in [0.25, 0.3) is 8.05 Å². The van der Waals surface area contributed by atoms with Gasteiger partial charge in [0.2, 0.25) is 0 Å². The van der Waals surface area contributed by atoms with E-state index in [0.29, 0.717) is 6.61 Å². The molecule has 2 radical (unpaired) electrons. The molecule has 0 N–H and O–H groups in total. The Bertz CT molecular complexity index is 26.0. The van der Waals surface area contributed by atoms with Crippen LogP contribution in [0.4, 0.5) is 0 Å². The third-order valence-electron chi connectivity index (χ3n) is 0.616. The zero-order valence-electron chi connectivity index (χ0n) is 4.92. The van der Waals surface area contributed by atoms with Gasteiger partial charge in [-0.2, -0.15) is 0 Å². The van der Waals surface area contributed by atoms with Gasteiger partial charge in [0, 0.05) is 6.61 Å². The molecule has 0 fully saturated rings. The van der Waals surface area contributed by atoms with E-state index >= 15 is 0 Å². The van der Waals surface area contributed by atoms with Crippen molar-refractivity contribution in [3.05, 3.63) is 0 Å². The molecule has 4 heteroatoms. The first-order valence-electron chi connectivity index (χ1n) is 2.23. The van der Waals surface area contributed by atoms with Gasteiger partial charge >= 0.3 is 0 Å². The molecule has 0 amide bonds. The van der Waals surface area contributed by atoms with Gasteiger partial charge < -0.3 is 4.65 Å². The summed E-state index contributed by atoms with van der Waals surface area (Å²) in [6.45, 7) is 2.79. The third kappa shape index (κ3) is 16.0. The van der Waals surface area contributed by atoms with Crippen molar-refractivity contribution in [3.8, 4) is 0 Å². The van der Waals surface area contributed by atoms with Crippen LogP contribution in [-0.4, -0.2) is 14.7 Å². The van der Waals surface area contributed by atoms with Crippen LogP contribution in [0.2, 0.25) is 0 Å². The first-order valence-corrected chi connectivity index (χ1v) is 2.23. The molecule has 0 aliphatic carbocycles. The average Bonchev–Trinajstić information content (AvgIpc) is 1.61. The lowest BCUT2D eigenvalue weighted by Gasteiger charge is -1.90. The first kappa shape index (κ1) is 15.8. The summed E-state index contributed by atoms with van der Waals surface area (Å²) in [5.41, 5.74) is 0. The molecule has 1 nitrogen and oxygen atoms in total. The zero-order valence-corrected chi connectivity index (χ0v) is 6.56. The summed E-state index contributed by atoms with van der Waals surface area (Å²) in [6, 6.07) is 0. The van der Waals surface area contributed by atoms with Gasteiger partial charge in [0.05, 0.1) is 0 Å². The van der Waals surface area contributed by atoms with Crippen molar-refractivity contribution < 1.29 is 4.65 Å². The summed E-state index contributed by atoms with van der Waals surface area (Å²) < 4.78 is 4.28. The lowest BCUT2D eigenvalue weighted by atomic mass is 10.3. The van der Waals surface area contributed by atoms with Crippen molar-refractivity contribution in [2.75, 3.05) is 6.61 Å². The van der Waals surface area contributed by atoms with Gasteiger partial charge in [-0.1, -0.05) is 13.3 Å². The topological polar surface area (TPSA) is 9.23 Å². The molecule has 0 unspecified atom stereocenters. The van der Waals surface area contributed by atoms with E-state index in [0.717, 1.165) is 12.8 Å². The molecule has 0 spiro atoms. The maximum Gasteiger partial charge on any atom is 0.282 e. The molecule has 0 aliphatic rings. The smallest absolute Gasteiger partial charge is 0.282 e. The van der Waals surface area contributed by atoms with Crippen molar-refractivity contribution >= 4 is 32.9 Å². The van der Waals surface area contributed by atoms with E-state index in [1.54, 1.807) is 0 Å². The van der Waals surface area contributed by atoms with E-state index in [-0.39, 0.29) is 24.8 Å².